The van der Waals surface area contributed by atoms with Gasteiger partial charge in [-0.3, -0.25) is 9.78 Å². The van der Waals surface area contributed by atoms with Crippen molar-refractivity contribution in [3.05, 3.63) is 52.6 Å². The van der Waals surface area contributed by atoms with Crippen molar-refractivity contribution >= 4 is 23.2 Å². The first-order valence-corrected chi connectivity index (χ1v) is 5.79. The first kappa shape index (κ1) is 12.5. The average molecular weight is 262 g/mol. The molecule has 2 aromatic rings. The number of aryl methyl sites for hydroxylation is 2. The van der Waals surface area contributed by atoms with Crippen LogP contribution in [0.3, 0.4) is 0 Å². The van der Waals surface area contributed by atoms with E-state index in [0.717, 1.165) is 11.1 Å². The standard InChI is InChI=1S/C13H12ClN3O/c1-8-3-10(7-15-5-8)13(18)17-11-4-9(2)6-16-12(11)14/h3-7H,1-2H3,(H,17,18). The highest BCUT2D eigenvalue weighted by atomic mass is 35.5. The molecule has 0 spiro atoms. The van der Waals surface area contributed by atoms with Gasteiger partial charge in [-0.15, -0.1) is 0 Å². The number of nitrogens with zero attached hydrogens (tertiary/aromatic N) is 2. The number of carbonyl (C=O) groups is 1. The largest absolute Gasteiger partial charge is 0.319 e. The van der Waals surface area contributed by atoms with Gasteiger partial charge < -0.3 is 5.32 Å². The lowest BCUT2D eigenvalue weighted by Crippen LogP contribution is -2.13. The van der Waals surface area contributed by atoms with Crippen molar-refractivity contribution in [2.45, 2.75) is 13.8 Å². The molecule has 0 aromatic carbocycles. The number of aromatic nitrogens is 2. The second-order valence-corrected chi connectivity index (χ2v) is 4.41. The van der Waals surface area contributed by atoms with E-state index in [1.54, 1.807) is 24.5 Å². The van der Waals surface area contributed by atoms with E-state index < -0.39 is 0 Å². The number of hydrogen-bond donors (Lipinski definition) is 1. The Labute approximate surface area is 110 Å². The number of amides is 1. The van der Waals surface area contributed by atoms with Crippen LogP contribution in [0.2, 0.25) is 5.15 Å². The SMILES string of the molecule is Cc1cncc(C(=O)Nc2cc(C)cnc2Cl)c1. The maximum atomic E-state index is 12.0. The number of carbonyl (C=O) groups excluding carboxylic acids is 1. The number of halogens is 1. The van der Waals surface area contributed by atoms with Gasteiger partial charge in [-0.2, -0.15) is 0 Å². The van der Waals surface area contributed by atoms with E-state index in [0.29, 0.717) is 11.3 Å². The third kappa shape index (κ3) is 2.84. The highest BCUT2D eigenvalue weighted by Gasteiger charge is 2.09. The normalized spacial score (nSPS) is 10.2. The molecule has 0 radical (unpaired) electrons. The maximum absolute atomic E-state index is 12.0. The molecule has 5 heteroatoms. The third-order valence-corrected chi connectivity index (χ3v) is 2.66. The molecule has 2 heterocycles. The molecule has 0 aliphatic carbocycles. The second-order valence-electron chi connectivity index (χ2n) is 4.06. The second kappa shape index (κ2) is 5.14. The van der Waals surface area contributed by atoms with Gasteiger partial charge in [-0.25, -0.2) is 4.98 Å². The maximum Gasteiger partial charge on any atom is 0.257 e. The van der Waals surface area contributed by atoms with Crippen LogP contribution in [0.25, 0.3) is 0 Å². The molecule has 1 amide bonds. The first-order chi connectivity index (χ1) is 8.56. The van der Waals surface area contributed by atoms with Crippen LogP contribution < -0.4 is 5.32 Å². The van der Waals surface area contributed by atoms with E-state index >= 15 is 0 Å². The Balaban J connectivity index is 2.24. The summed E-state index contributed by atoms with van der Waals surface area (Å²) in [5.41, 5.74) is 2.85. The van der Waals surface area contributed by atoms with Crippen molar-refractivity contribution in [2.24, 2.45) is 0 Å². The van der Waals surface area contributed by atoms with E-state index in [1.807, 2.05) is 13.8 Å². The summed E-state index contributed by atoms with van der Waals surface area (Å²) in [6.45, 7) is 3.76. The average Bonchev–Trinajstić information content (AvgIpc) is 2.34. The predicted molar refractivity (Wildman–Crippen MR) is 70.9 cm³/mol. The summed E-state index contributed by atoms with van der Waals surface area (Å²) >= 11 is 5.92. The number of hydrogen-bond acceptors (Lipinski definition) is 3. The summed E-state index contributed by atoms with van der Waals surface area (Å²) in [6, 6.07) is 3.54. The van der Waals surface area contributed by atoms with E-state index in [2.05, 4.69) is 15.3 Å². The smallest absolute Gasteiger partial charge is 0.257 e. The van der Waals surface area contributed by atoms with Crippen LogP contribution in [0.4, 0.5) is 5.69 Å². The number of anilines is 1. The van der Waals surface area contributed by atoms with Crippen molar-refractivity contribution in [2.75, 3.05) is 5.32 Å². The van der Waals surface area contributed by atoms with E-state index in [1.165, 1.54) is 6.20 Å². The Hall–Kier alpha value is -1.94. The molecule has 0 saturated heterocycles. The van der Waals surface area contributed by atoms with Gasteiger partial charge >= 0.3 is 0 Å². The number of nitrogens with one attached hydrogen (secondary N) is 1. The Morgan fingerprint density at radius 2 is 1.89 bits per heavy atom. The molecule has 0 atom stereocenters. The zero-order valence-corrected chi connectivity index (χ0v) is 10.8. The van der Waals surface area contributed by atoms with Gasteiger partial charge in [-0.05, 0) is 37.1 Å². The van der Waals surface area contributed by atoms with Crippen molar-refractivity contribution in [3.8, 4) is 0 Å². The topological polar surface area (TPSA) is 54.9 Å². The number of rotatable bonds is 2. The monoisotopic (exact) mass is 261 g/mol. The van der Waals surface area contributed by atoms with Gasteiger partial charge in [0.05, 0.1) is 11.3 Å². The van der Waals surface area contributed by atoms with Gasteiger partial charge in [0.15, 0.2) is 5.15 Å². The molecule has 0 aliphatic rings. The Morgan fingerprint density at radius 1 is 1.17 bits per heavy atom. The molecule has 18 heavy (non-hydrogen) atoms. The van der Waals surface area contributed by atoms with Gasteiger partial charge in [-0.1, -0.05) is 11.6 Å². The minimum Gasteiger partial charge on any atom is -0.319 e. The molecule has 4 nitrogen and oxygen atoms in total. The van der Waals surface area contributed by atoms with Crippen molar-refractivity contribution in [1.29, 1.82) is 0 Å². The molecular formula is C13H12ClN3O. The Bertz CT molecular complexity index is 599. The summed E-state index contributed by atoms with van der Waals surface area (Å²) in [6.07, 6.45) is 4.85. The van der Waals surface area contributed by atoms with Gasteiger partial charge in [0.25, 0.3) is 5.91 Å². The third-order valence-electron chi connectivity index (χ3n) is 2.36. The van der Waals surface area contributed by atoms with Gasteiger partial charge in [0, 0.05) is 18.6 Å². The molecule has 1 N–H and O–H groups in total. The Kier molecular flexibility index (Phi) is 3.58. The van der Waals surface area contributed by atoms with Crippen molar-refractivity contribution in [3.63, 3.8) is 0 Å². The fraction of sp³-hybridized carbons (Fsp3) is 0.154. The minimum absolute atomic E-state index is 0.250. The van der Waals surface area contributed by atoms with Crippen LogP contribution >= 0.6 is 11.6 Å². The highest BCUT2D eigenvalue weighted by Crippen LogP contribution is 2.20. The van der Waals surface area contributed by atoms with Crippen LogP contribution in [-0.2, 0) is 0 Å². The van der Waals surface area contributed by atoms with Crippen molar-refractivity contribution in [1.82, 2.24) is 9.97 Å². The zero-order chi connectivity index (χ0) is 13.1. The quantitative estimate of drug-likeness (QED) is 0.846. The fourth-order valence-corrected chi connectivity index (χ4v) is 1.66. The molecule has 92 valence electrons. The zero-order valence-electron chi connectivity index (χ0n) is 10.1. The van der Waals surface area contributed by atoms with E-state index in [-0.39, 0.29) is 11.1 Å². The molecule has 2 aromatic heterocycles. The van der Waals surface area contributed by atoms with Crippen LogP contribution in [0.5, 0.6) is 0 Å². The summed E-state index contributed by atoms with van der Waals surface area (Å²) in [5.74, 6) is -0.250. The van der Waals surface area contributed by atoms with Gasteiger partial charge in [0.2, 0.25) is 0 Å². The first-order valence-electron chi connectivity index (χ1n) is 5.41. The van der Waals surface area contributed by atoms with Gasteiger partial charge in [0.1, 0.15) is 0 Å². The summed E-state index contributed by atoms with van der Waals surface area (Å²) < 4.78 is 0. The van der Waals surface area contributed by atoms with Crippen LogP contribution in [-0.4, -0.2) is 15.9 Å². The van der Waals surface area contributed by atoms with Crippen LogP contribution in [0.15, 0.2) is 30.7 Å². The summed E-state index contributed by atoms with van der Waals surface area (Å²) in [5, 5.41) is 2.99. The van der Waals surface area contributed by atoms with E-state index in [4.69, 9.17) is 11.6 Å². The molecule has 0 unspecified atom stereocenters. The van der Waals surface area contributed by atoms with Crippen molar-refractivity contribution < 1.29 is 4.79 Å². The fourth-order valence-electron chi connectivity index (χ4n) is 1.51. The van der Waals surface area contributed by atoms with Crippen LogP contribution in [0, 0.1) is 13.8 Å². The predicted octanol–water partition coefficient (Wildman–Crippen LogP) is 3.00. The van der Waals surface area contributed by atoms with Crippen LogP contribution in [0.1, 0.15) is 21.5 Å². The summed E-state index contributed by atoms with van der Waals surface area (Å²) in [7, 11) is 0. The molecule has 0 bridgehead atoms. The molecule has 2 rings (SSSR count). The molecular weight excluding hydrogens is 250 g/mol. The molecule has 0 aliphatic heterocycles. The summed E-state index contributed by atoms with van der Waals surface area (Å²) in [4.78, 5) is 19.9. The lowest BCUT2D eigenvalue weighted by Gasteiger charge is -2.07. The lowest BCUT2D eigenvalue weighted by atomic mass is 10.2. The Morgan fingerprint density at radius 3 is 2.61 bits per heavy atom. The van der Waals surface area contributed by atoms with E-state index in [9.17, 15) is 4.79 Å². The highest BCUT2D eigenvalue weighted by molar-refractivity contribution is 6.32. The number of pyridine rings is 2. The molecule has 0 fully saturated rings. The minimum atomic E-state index is -0.250. The lowest BCUT2D eigenvalue weighted by molar-refractivity contribution is 0.102. The molecule has 0 saturated carbocycles.